The highest BCUT2D eigenvalue weighted by Gasteiger charge is 2.13. The van der Waals surface area contributed by atoms with Gasteiger partial charge in [0.2, 0.25) is 0 Å². The van der Waals surface area contributed by atoms with Gasteiger partial charge in [-0.05, 0) is 25.5 Å². The standard InChI is InChI=1S/C19H26N2O3/c1-4-5-11-23-19-8-6-7-18(13-19)21-10-9-20-17(14-21)12-15(2)24-16(3)22/h6-9,13-15H,4-5,10-12H2,1-3H3. The molecule has 1 aliphatic rings. The SMILES string of the molecule is CCCCOc1cccc(N2C=C(CC(C)OC(C)=O)N=CC2)c1. The molecular formula is C19H26N2O3. The topological polar surface area (TPSA) is 51.1 Å². The third kappa shape index (κ3) is 5.72. The first-order valence-corrected chi connectivity index (χ1v) is 8.48. The molecule has 0 bridgehead atoms. The second kappa shape index (κ2) is 9.11. The molecule has 24 heavy (non-hydrogen) atoms. The Balaban J connectivity index is 2.02. The summed E-state index contributed by atoms with van der Waals surface area (Å²) in [6.07, 6.45) is 6.47. The lowest BCUT2D eigenvalue weighted by Crippen LogP contribution is -2.23. The average molecular weight is 330 g/mol. The van der Waals surface area contributed by atoms with Crippen LogP contribution in [0.4, 0.5) is 5.69 Å². The number of ether oxygens (including phenoxy) is 2. The number of benzene rings is 1. The minimum Gasteiger partial charge on any atom is -0.494 e. The molecule has 0 saturated heterocycles. The van der Waals surface area contributed by atoms with E-state index in [4.69, 9.17) is 9.47 Å². The van der Waals surface area contributed by atoms with Gasteiger partial charge in [0.25, 0.3) is 0 Å². The van der Waals surface area contributed by atoms with Crippen LogP contribution in [0.25, 0.3) is 0 Å². The van der Waals surface area contributed by atoms with Crippen LogP contribution in [0.2, 0.25) is 0 Å². The van der Waals surface area contributed by atoms with E-state index in [0.717, 1.165) is 36.6 Å². The lowest BCUT2D eigenvalue weighted by atomic mass is 10.2. The first-order valence-electron chi connectivity index (χ1n) is 8.48. The zero-order valence-corrected chi connectivity index (χ0v) is 14.7. The molecule has 0 saturated carbocycles. The van der Waals surface area contributed by atoms with Crippen molar-refractivity contribution in [3.8, 4) is 5.75 Å². The number of carbonyl (C=O) groups is 1. The maximum atomic E-state index is 11.0. The van der Waals surface area contributed by atoms with Crippen LogP contribution in [-0.2, 0) is 9.53 Å². The zero-order chi connectivity index (χ0) is 17.4. The van der Waals surface area contributed by atoms with Crippen molar-refractivity contribution < 1.29 is 14.3 Å². The van der Waals surface area contributed by atoms with Gasteiger partial charge < -0.3 is 14.4 Å². The molecule has 0 N–H and O–H groups in total. The highest BCUT2D eigenvalue weighted by molar-refractivity contribution is 5.71. The van der Waals surface area contributed by atoms with Gasteiger partial charge in [0, 0.05) is 37.5 Å². The Bertz CT molecular complexity index is 610. The molecule has 2 rings (SSSR count). The van der Waals surface area contributed by atoms with Crippen LogP contribution in [-0.4, -0.2) is 31.4 Å². The summed E-state index contributed by atoms with van der Waals surface area (Å²) >= 11 is 0. The molecule has 0 aromatic heterocycles. The normalized spacial score (nSPS) is 15.0. The van der Waals surface area contributed by atoms with Crippen LogP contribution in [0.15, 0.2) is 41.2 Å². The molecule has 0 amide bonds. The lowest BCUT2D eigenvalue weighted by Gasteiger charge is -2.24. The van der Waals surface area contributed by atoms with E-state index >= 15 is 0 Å². The van der Waals surface area contributed by atoms with Crippen molar-refractivity contribution >= 4 is 17.9 Å². The summed E-state index contributed by atoms with van der Waals surface area (Å²) in [7, 11) is 0. The van der Waals surface area contributed by atoms with E-state index in [1.807, 2.05) is 37.5 Å². The minimum atomic E-state index is -0.267. The van der Waals surface area contributed by atoms with E-state index in [1.165, 1.54) is 6.92 Å². The Hall–Kier alpha value is -2.30. The van der Waals surface area contributed by atoms with Crippen LogP contribution in [0.1, 0.15) is 40.0 Å². The number of aliphatic imine (C=N–C) groups is 1. The molecule has 1 aromatic carbocycles. The predicted octanol–water partition coefficient (Wildman–Crippen LogP) is 3.94. The van der Waals surface area contributed by atoms with Crippen molar-refractivity contribution in [3.05, 3.63) is 36.2 Å². The van der Waals surface area contributed by atoms with Crippen molar-refractivity contribution in [1.29, 1.82) is 0 Å². The first kappa shape index (κ1) is 18.0. The Morgan fingerprint density at radius 1 is 1.42 bits per heavy atom. The summed E-state index contributed by atoms with van der Waals surface area (Å²) in [5.74, 6) is 0.614. The monoisotopic (exact) mass is 330 g/mol. The van der Waals surface area contributed by atoms with Gasteiger partial charge in [-0.3, -0.25) is 9.79 Å². The lowest BCUT2D eigenvalue weighted by molar-refractivity contribution is -0.145. The van der Waals surface area contributed by atoms with Gasteiger partial charge in [-0.25, -0.2) is 0 Å². The fraction of sp³-hybridized carbons (Fsp3) is 0.474. The third-order valence-corrected chi connectivity index (χ3v) is 3.62. The fourth-order valence-electron chi connectivity index (χ4n) is 2.50. The van der Waals surface area contributed by atoms with E-state index < -0.39 is 0 Å². The number of rotatable bonds is 8. The quantitative estimate of drug-likeness (QED) is 0.535. The number of hydrogen-bond acceptors (Lipinski definition) is 5. The molecule has 0 fully saturated rings. The fourth-order valence-corrected chi connectivity index (χ4v) is 2.50. The molecule has 1 aromatic rings. The molecule has 1 heterocycles. The van der Waals surface area contributed by atoms with Crippen LogP contribution in [0, 0.1) is 0 Å². The molecule has 130 valence electrons. The molecule has 1 atom stereocenters. The number of anilines is 1. The van der Waals surface area contributed by atoms with Gasteiger partial charge in [-0.1, -0.05) is 19.4 Å². The molecule has 5 nitrogen and oxygen atoms in total. The van der Waals surface area contributed by atoms with Gasteiger partial charge >= 0.3 is 5.97 Å². The molecule has 1 aliphatic heterocycles. The Kier molecular flexibility index (Phi) is 6.85. The molecule has 5 heteroatoms. The van der Waals surface area contributed by atoms with E-state index in [1.54, 1.807) is 0 Å². The maximum absolute atomic E-state index is 11.0. The highest BCUT2D eigenvalue weighted by atomic mass is 16.5. The second-order valence-corrected chi connectivity index (χ2v) is 5.91. The first-order chi connectivity index (χ1) is 11.6. The van der Waals surface area contributed by atoms with Crippen LogP contribution < -0.4 is 9.64 Å². The number of unbranched alkanes of at least 4 members (excludes halogenated alkanes) is 1. The Morgan fingerprint density at radius 3 is 3.00 bits per heavy atom. The van der Waals surface area contributed by atoms with E-state index in [2.05, 4.69) is 22.9 Å². The third-order valence-electron chi connectivity index (χ3n) is 3.62. The highest BCUT2D eigenvalue weighted by Crippen LogP contribution is 2.24. The molecular weight excluding hydrogens is 304 g/mol. The summed E-state index contributed by atoms with van der Waals surface area (Å²) in [5, 5.41) is 0. The van der Waals surface area contributed by atoms with Gasteiger partial charge in [0.1, 0.15) is 11.9 Å². The van der Waals surface area contributed by atoms with Crippen LogP contribution in [0.3, 0.4) is 0 Å². The summed E-state index contributed by atoms with van der Waals surface area (Å²) in [5.41, 5.74) is 1.96. The predicted molar refractivity (Wildman–Crippen MR) is 96.6 cm³/mol. The van der Waals surface area contributed by atoms with E-state index in [-0.39, 0.29) is 12.1 Å². The number of carbonyl (C=O) groups excluding carboxylic acids is 1. The van der Waals surface area contributed by atoms with Gasteiger partial charge in [0.15, 0.2) is 0 Å². The van der Waals surface area contributed by atoms with Crippen molar-refractivity contribution in [3.63, 3.8) is 0 Å². The zero-order valence-electron chi connectivity index (χ0n) is 14.7. The van der Waals surface area contributed by atoms with Gasteiger partial charge in [-0.2, -0.15) is 0 Å². The van der Waals surface area contributed by atoms with Gasteiger partial charge in [-0.15, -0.1) is 0 Å². The maximum Gasteiger partial charge on any atom is 0.302 e. The summed E-state index contributed by atoms with van der Waals surface area (Å²) in [4.78, 5) is 17.6. The van der Waals surface area contributed by atoms with Crippen LogP contribution >= 0.6 is 0 Å². The van der Waals surface area contributed by atoms with Gasteiger partial charge in [0.05, 0.1) is 18.8 Å². The minimum absolute atomic E-state index is 0.186. The van der Waals surface area contributed by atoms with E-state index in [0.29, 0.717) is 13.0 Å². The number of esters is 1. The smallest absolute Gasteiger partial charge is 0.302 e. The Morgan fingerprint density at radius 2 is 2.25 bits per heavy atom. The largest absolute Gasteiger partial charge is 0.494 e. The summed E-state index contributed by atoms with van der Waals surface area (Å²) in [6, 6.07) is 8.07. The summed E-state index contributed by atoms with van der Waals surface area (Å²) in [6.45, 7) is 6.90. The second-order valence-electron chi connectivity index (χ2n) is 5.91. The molecule has 0 aliphatic carbocycles. The number of nitrogens with zero attached hydrogens (tertiary/aromatic N) is 2. The average Bonchev–Trinajstić information content (AvgIpc) is 2.55. The summed E-state index contributed by atoms with van der Waals surface area (Å²) < 4.78 is 11.0. The molecule has 1 unspecified atom stereocenters. The van der Waals surface area contributed by atoms with Crippen molar-refractivity contribution in [2.75, 3.05) is 18.1 Å². The molecule has 0 radical (unpaired) electrons. The Labute approximate surface area is 144 Å². The molecule has 0 spiro atoms. The van der Waals surface area contributed by atoms with Crippen molar-refractivity contribution in [2.45, 2.75) is 46.1 Å². The number of hydrogen-bond donors (Lipinski definition) is 0. The van der Waals surface area contributed by atoms with Crippen molar-refractivity contribution in [1.82, 2.24) is 0 Å². The van der Waals surface area contributed by atoms with Crippen LogP contribution in [0.5, 0.6) is 5.75 Å². The van der Waals surface area contributed by atoms with Crippen molar-refractivity contribution in [2.24, 2.45) is 4.99 Å². The van der Waals surface area contributed by atoms with E-state index in [9.17, 15) is 4.79 Å².